The summed E-state index contributed by atoms with van der Waals surface area (Å²) in [5, 5.41) is 14.7. The molecule has 0 unspecified atom stereocenters. The summed E-state index contributed by atoms with van der Waals surface area (Å²) in [5.41, 5.74) is 0.721. The molecule has 0 atom stereocenters. The molecule has 3 aromatic rings. The number of rotatable bonds is 5. The number of piperidine rings is 1. The van der Waals surface area contributed by atoms with Crippen LogP contribution in [0.25, 0.3) is 10.8 Å². The average Bonchev–Trinajstić information content (AvgIpc) is 2.84. The van der Waals surface area contributed by atoms with Crippen molar-refractivity contribution in [1.29, 1.82) is 0 Å². The number of amides is 2. The second-order valence-electron chi connectivity index (χ2n) is 8.16. The maximum absolute atomic E-state index is 13.1. The molecule has 1 heterocycles. The number of hydrogen-bond donors (Lipinski definition) is 2. The van der Waals surface area contributed by atoms with E-state index >= 15 is 0 Å². The number of phenolic OH excluding ortho intramolecular Hbond substituents is 1. The summed E-state index contributed by atoms with van der Waals surface area (Å²) in [6.07, 6.45) is 0.964. The van der Waals surface area contributed by atoms with E-state index in [1.54, 1.807) is 4.90 Å². The normalized spacial score (nSPS) is 14.9. The maximum Gasteiger partial charge on any atom is 0.254 e. The Morgan fingerprint density at radius 1 is 1.03 bits per heavy atom. The lowest BCUT2D eigenvalue weighted by Gasteiger charge is -2.31. The maximum atomic E-state index is 13.1. The topological polar surface area (TPSA) is 104 Å². The summed E-state index contributed by atoms with van der Waals surface area (Å²) >= 11 is 0. The van der Waals surface area contributed by atoms with Crippen molar-refractivity contribution in [3.05, 3.63) is 66.2 Å². The third kappa shape index (κ3) is 4.71. The lowest BCUT2D eigenvalue weighted by molar-refractivity contribution is -0.121. The van der Waals surface area contributed by atoms with Crippen molar-refractivity contribution in [1.82, 2.24) is 4.90 Å². The Kier molecular flexibility index (Phi) is 6.37. The van der Waals surface area contributed by atoms with E-state index in [0.717, 1.165) is 10.8 Å². The van der Waals surface area contributed by atoms with Gasteiger partial charge in [0.1, 0.15) is 5.75 Å². The molecule has 1 aliphatic heterocycles. The fourth-order valence-corrected chi connectivity index (χ4v) is 5.04. The number of anilines is 1. The Morgan fingerprint density at radius 2 is 1.73 bits per heavy atom. The number of benzene rings is 3. The van der Waals surface area contributed by atoms with Gasteiger partial charge in [-0.15, -0.1) is 0 Å². The SMILES string of the molecule is CCS(=O)(=O)c1ccc(O)c(NC(=O)C2CCN(C(=O)c3cccc4ccccc34)CC2)c1. The molecule has 2 amide bonds. The molecule has 1 fully saturated rings. The highest BCUT2D eigenvalue weighted by Crippen LogP contribution is 2.29. The largest absolute Gasteiger partial charge is 0.506 e. The first-order valence-electron chi connectivity index (χ1n) is 10.9. The van der Waals surface area contributed by atoms with Crippen LogP contribution in [0.4, 0.5) is 5.69 Å². The molecular weight excluding hydrogens is 440 g/mol. The molecule has 1 aliphatic rings. The van der Waals surface area contributed by atoms with Gasteiger partial charge in [0.15, 0.2) is 9.84 Å². The smallest absolute Gasteiger partial charge is 0.254 e. The van der Waals surface area contributed by atoms with E-state index in [2.05, 4.69) is 5.32 Å². The Morgan fingerprint density at radius 3 is 2.45 bits per heavy atom. The highest BCUT2D eigenvalue weighted by molar-refractivity contribution is 7.91. The molecule has 0 saturated carbocycles. The Bertz CT molecular complexity index is 1310. The van der Waals surface area contributed by atoms with E-state index in [1.165, 1.54) is 25.1 Å². The van der Waals surface area contributed by atoms with Gasteiger partial charge in [0, 0.05) is 24.6 Å². The van der Waals surface area contributed by atoms with Crippen LogP contribution in [-0.2, 0) is 14.6 Å². The van der Waals surface area contributed by atoms with Gasteiger partial charge in [-0.3, -0.25) is 9.59 Å². The van der Waals surface area contributed by atoms with Gasteiger partial charge in [0.25, 0.3) is 5.91 Å². The standard InChI is InChI=1S/C25H26N2O5S/c1-2-33(31,32)19-10-11-23(28)22(16-19)26-24(29)18-12-14-27(15-13-18)25(30)21-9-5-7-17-6-3-4-8-20(17)21/h3-11,16,18,28H,2,12-15H2,1H3,(H,26,29). The number of carbonyl (C=O) groups excluding carboxylic acids is 2. The minimum atomic E-state index is -3.46. The van der Waals surface area contributed by atoms with Crippen molar-refractivity contribution in [2.45, 2.75) is 24.7 Å². The van der Waals surface area contributed by atoms with Crippen molar-refractivity contribution >= 4 is 38.1 Å². The number of hydrogen-bond acceptors (Lipinski definition) is 5. The minimum absolute atomic E-state index is 0.0496. The van der Waals surface area contributed by atoms with Gasteiger partial charge in [0.05, 0.1) is 16.3 Å². The Hall–Kier alpha value is -3.39. The number of phenols is 1. The fourth-order valence-electron chi connectivity index (χ4n) is 4.14. The summed E-state index contributed by atoms with van der Waals surface area (Å²) in [5.74, 6) is -0.960. The van der Waals surface area contributed by atoms with Gasteiger partial charge >= 0.3 is 0 Å². The second-order valence-corrected chi connectivity index (χ2v) is 10.4. The molecule has 1 saturated heterocycles. The summed E-state index contributed by atoms with van der Waals surface area (Å²) in [4.78, 5) is 27.7. The van der Waals surface area contributed by atoms with Crippen LogP contribution in [0.5, 0.6) is 5.75 Å². The molecule has 4 rings (SSSR count). The number of aromatic hydroxyl groups is 1. The summed E-state index contributed by atoms with van der Waals surface area (Å²) in [7, 11) is -3.46. The van der Waals surface area contributed by atoms with Crippen LogP contribution in [0, 0.1) is 5.92 Å². The van der Waals surface area contributed by atoms with Gasteiger partial charge < -0.3 is 15.3 Å². The molecule has 7 nitrogen and oxygen atoms in total. The number of likely N-dealkylation sites (tertiary alicyclic amines) is 1. The van der Waals surface area contributed by atoms with E-state index in [1.807, 2.05) is 42.5 Å². The van der Waals surface area contributed by atoms with Gasteiger partial charge in [0.2, 0.25) is 5.91 Å². The molecule has 172 valence electrons. The summed E-state index contributed by atoms with van der Waals surface area (Å²) in [6, 6.07) is 17.3. The lowest BCUT2D eigenvalue weighted by atomic mass is 9.94. The molecule has 0 bridgehead atoms. The number of nitrogens with zero attached hydrogens (tertiary/aromatic N) is 1. The van der Waals surface area contributed by atoms with Crippen molar-refractivity contribution in [3.63, 3.8) is 0 Å². The first-order chi connectivity index (χ1) is 15.8. The third-order valence-electron chi connectivity index (χ3n) is 6.14. The van der Waals surface area contributed by atoms with Crippen molar-refractivity contribution in [2.24, 2.45) is 5.92 Å². The predicted molar refractivity (Wildman–Crippen MR) is 127 cm³/mol. The van der Waals surface area contributed by atoms with Crippen LogP contribution >= 0.6 is 0 Å². The minimum Gasteiger partial charge on any atom is -0.506 e. The van der Waals surface area contributed by atoms with Crippen LogP contribution in [0.1, 0.15) is 30.1 Å². The number of nitrogens with one attached hydrogen (secondary N) is 1. The first-order valence-corrected chi connectivity index (χ1v) is 12.6. The van der Waals surface area contributed by atoms with Crippen LogP contribution in [0.3, 0.4) is 0 Å². The van der Waals surface area contributed by atoms with Crippen LogP contribution in [0.2, 0.25) is 0 Å². The van der Waals surface area contributed by atoms with Crippen LogP contribution in [0.15, 0.2) is 65.6 Å². The zero-order valence-electron chi connectivity index (χ0n) is 18.3. The average molecular weight is 467 g/mol. The van der Waals surface area contributed by atoms with E-state index in [9.17, 15) is 23.1 Å². The van der Waals surface area contributed by atoms with E-state index in [0.29, 0.717) is 31.5 Å². The first kappa shape index (κ1) is 22.8. The van der Waals surface area contributed by atoms with Gasteiger partial charge in [-0.25, -0.2) is 8.42 Å². The quantitative estimate of drug-likeness (QED) is 0.556. The summed E-state index contributed by atoms with van der Waals surface area (Å²) < 4.78 is 24.2. The molecule has 0 aliphatic carbocycles. The van der Waals surface area contributed by atoms with Crippen molar-refractivity contribution < 1.29 is 23.1 Å². The molecule has 0 radical (unpaired) electrons. The Balaban J connectivity index is 1.42. The monoisotopic (exact) mass is 466 g/mol. The van der Waals surface area contributed by atoms with Crippen molar-refractivity contribution in [2.75, 3.05) is 24.2 Å². The molecule has 0 aromatic heterocycles. The van der Waals surface area contributed by atoms with Gasteiger partial charge in [-0.2, -0.15) is 0 Å². The molecule has 8 heteroatoms. The van der Waals surface area contributed by atoms with Gasteiger partial charge in [-0.05, 0) is 47.9 Å². The van der Waals surface area contributed by atoms with Crippen LogP contribution in [-0.4, -0.2) is 49.1 Å². The highest BCUT2D eigenvalue weighted by atomic mass is 32.2. The van der Waals surface area contributed by atoms with Crippen LogP contribution < -0.4 is 5.32 Å². The highest BCUT2D eigenvalue weighted by Gasteiger charge is 2.29. The Labute approximate surface area is 193 Å². The van der Waals surface area contributed by atoms with E-state index in [4.69, 9.17) is 0 Å². The number of sulfone groups is 1. The van der Waals surface area contributed by atoms with E-state index < -0.39 is 9.84 Å². The second kappa shape index (κ2) is 9.23. The molecular formula is C25H26N2O5S. The molecule has 3 aromatic carbocycles. The van der Waals surface area contributed by atoms with Crippen molar-refractivity contribution in [3.8, 4) is 5.75 Å². The van der Waals surface area contributed by atoms with Gasteiger partial charge in [-0.1, -0.05) is 43.3 Å². The molecule has 2 N–H and O–H groups in total. The number of fused-ring (bicyclic) bond motifs is 1. The third-order valence-corrected chi connectivity index (χ3v) is 7.87. The zero-order valence-corrected chi connectivity index (χ0v) is 19.1. The number of carbonyl (C=O) groups is 2. The molecule has 0 spiro atoms. The lowest BCUT2D eigenvalue weighted by Crippen LogP contribution is -2.41. The fraction of sp³-hybridized carbons (Fsp3) is 0.280. The van der Waals surface area contributed by atoms with E-state index in [-0.39, 0.29) is 39.8 Å². The predicted octanol–water partition coefficient (Wildman–Crippen LogP) is 3.83. The summed E-state index contributed by atoms with van der Waals surface area (Å²) in [6.45, 7) is 2.42. The zero-order chi connectivity index (χ0) is 23.6. The molecule has 33 heavy (non-hydrogen) atoms.